The van der Waals surface area contributed by atoms with Crippen LogP contribution in [0.15, 0.2) is 59.6 Å². The van der Waals surface area contributed by atoms with E-state index in [0.717, 1.165) is 27.3 Å². The van der Waals surface area contributed by atoms with Crippen molar-refractivity contribution in [1.29, 1.82) is 0 Å². The number of thiocarbonyl (C=S) groups is 1. The molecule has 2 aromatic carbocycles. The van der Waals surface area contributed by atoms with Crippen LogP contribution in [0.2, 0.25) is 5.02 Å². The molecule has 0 radical (unpaired) electrons. The van der Waals surface area contributed by atoms with E-state index in [-0.39, 0.29) is 6.61 Å². The largest absolute Gasteiger partial charge is 0.445 e. The Bertz CT molecular complexity index is 1200. The Labute approximate surface area is 202 Å². The average Bonchev–Trinajstić information content (AvgIpc) is 2.99. The van der Waals surface area contributed by atoms with Crippen molar-refractivity contribution in [1.82, 2.24) is 5.32 Å². The SMILES string of the molecule is Cc1sc2c(c1C)C(c1ccc(Cl)cc1)=NC(C)(NC(=O)OCc1ccccc1)C(=S)C2. The minimum Gasteiger partial charge on any atom is -0.445 e. The number of benzene rings is 2. The third-order valence-corrected chi connectivity index (χ3v) is 7.57. The fourth-order valence-corrected chi connectivity index (χ4v) is 5.32. The number of amides is 1. The van der Waals surface area contributed by atoms with Crippen molar-refractivity contribution >= 4 is 51.8 Å². The summed E-state index contributed by atoms with van der Waals surface area (Å²) in [5.74, 6) is 0. The Morgan fingerprint density at radius 2 is 1.88 bits per heavy atom. The fraction of sp³-hybridized carbons (Fsp3) is 0.240. The third-order valence-electron chi connectivity index (χ3n) is 5.57. The second-order valence-electron chi connectivity index (χ2n) is 7.91. The maximum absolute atomic E-state index is 12.7. The zero-order valence-corrected chi connectivity index (χ0v) is 20.5. The maximum atomic E-state index is 12.7. The predicted molar refractivity (Wildman–Crippen MR) is 135 cm³/mol. The zero-order chi connectivity index (χ0) is 22.9. The number of nitrogens with one attached hydrogen (secondary N) is 1. The van der Waals surface area contributed by atoms with Crippen LogP contribution in [0.25, 0.3) is 0 Å². The van der Waals surface area contributed by atoms with Gasteiger partial charge in [0.2, 0.25) is 0 Å². The number of halogens is 1. The summed E-state index contributed by atoms with van der Waals surface area (Å²) in [5, 5.41) is 3.57. The number of aliphatic imine (C=N–C) groups is 1. The number of alkyl carbamates (subject to hydrolysis) is 1. The van der Waals surface area contributed by atoms with Gasteiger partial charge in [-0.2, -0.15) is 0 Å². The van der Waals surface area contributed by atoms with Crippen LogP contribution in [0.1, 0.15) is 38.9 Å². The molecule has 7 heteroatoms. The van der Waals surface area contributed by atoms with Crippen LogP contribution < -0.4 is 5.32 Å². The van der Waals surface area contributed by atoms with E-state index < -0.39 is 11.8 Å². The van der Waals surface area contributed by atoms with Crippen molar-refractivity contribution in [2.45, 2.75) is 39.5 Å². The van der Waals surface area contributed by atoms with Crippen molar-refractivity contribution in [3.8, 4) is 0 Å². The number of hydrogen-bond donors (Lipinski definition) is 1. The molecule has 1 aliphatic rings. The quantitative estimate of drug-likeness (QED) is 0.436. The van der Waals surface area contributed by atoms with Gasteiger partial charge in [-0.3, -0.25) is 10.3 Å². The van der Waals surface area contributed by atoms with Crippen LogP contribution in [0.3, 0.4) is 0 Å². The fourth-order valence-electron chi connectivity index (χ4n) is 3.66. The van der Waals surface area contributed by atoms with Gasteiger partial charge in [0.1, 0.15) is 6.61 Å². The summed E-state index contributed by atoms with van der Waals surface area (Å²) in [6.07, 6.45) is -0.00357. The third kappa shape index (κ3) is 4.63. The number of ether oxygens (including phenoxy) is 1. The number of carbonyl (C=O) groups is 1. The van der Waals surface area contributed by atoms with Gasteiger partial charge in [0, 0.05) is 37.2 Å². The molecular formula is C25H23ClN2O2S2. The number of hydrogen-bond acceptors (Lipinski definition) is 5. The highest BCUT2D eigenvalue weighted by molar-refractivity contribution is 7.80. The number of nitrogens with zero attached hydrogens (tertiary/aromatic N) is 1. The maximum Gasteiger partial charge on any atom is 0.409 e. The highest BCUT2D eigenvalue weighted by Gasteiger charge is 2.37. The van der Waals surface area contributed by atoms with Crippen molar-refractivity contribution < 1.29 is 9.53 Å². The van der Waals surface area contributed by atoms with Gasteiger partial charge in [-0.05, 0) is 44.0 Å². The Balaban J connectivity index is 1.69. The lowest BCUT2D eigenvalue weighted by Gasteiger charge is -2.27. The number of carbonyl (C=O) groups excluding carboxylic acids is 1. The topological polar surface area (TPSA) is 50.7 Å². The van der Waals surface area contributed by atoms with Crippen molar-refractivity contribution in [2.75, 3.05) is 0 Å². The molecule has 4 rings (SSSR count). The Morgan fingerprint density at radius 3 is 2.56 bits per heavy atom. The second-order valence-corrected chi connectivity index (χ2v) is 10.1. The molecule has 2 heterocycles. The first-order chi connectivity index (χ1) is 15.3. The van der Waals surface area contributed by atoms with E-state index in [0.29, 0.717) is 16.3 Å². The van der Waals surface area contributed by atoms with E-state index in [9.17, 15) is 4.79 Å². The van der Waals surface area contributed by atoms with E-state index in [2.05, 4.69) is 19.2 Å². The molecule has 0 saturated carbocycles. The summed E-state index contributed by atoms with van der Waals surface area (Å²) in [7, 11) is 0. The smallest absolute Gasteiger partial charge is 0.409 e. The molecule has 164 valence electrons. The number of aryl methyl sites for hydroxylation is 1. The lowest BCUT2D eigenvalue weighted by Crippen LogP contribution is -2.50. The first-order valence-electron chi connectivity index (χ1n) is 10.2. The molecular weight excluding hydrogens is 460 g/mol. The predicted octanol–water partition coefficient (Wildman–Crippen LogP) is 6.42. The van der Waals surface area contributed by atoms with E-state index in [4.69, 9.17) is 33.5 Å². The van der Waals surface area contributed by atoms with Crippen LogP contribution in [-0.2, 0) is 17.8 Å². The van der Waals surface area contributed by atoms with Crippen LogP contribution in [0.4, 0.5) is 4.79 Å². The van der Waals surface area contributed by atoms with Gasteiger partial charge in [-0.25, -0.2) is 4.79 Å². The van der Waals surface area contributed by atoms with Gasteiger partial charge in [0.05, 0.1) is 5.71 Å². The normalized spacial score (nSPS) is 17.9. The highest BCUT2D eigenvalue weighted by atomic mass is 35.5. The Hall–Kier alpha value is -2.54. The van der Waals surface area contributed by atoms with Crippen molar-refractivity contribution in [3.63, 3.8) is 0 Å². The van der Waals surface area contributed by atoms with Crippen LogP contribution in [0, 0.1) is 13.8 Å². The van der Waals surface area contributed by atoms with Gasteiger partial charge in [-0.1, -0.05) is 66.3 Å². The Morgan fingerprint density at radius 1 is 1.19 bits per heavy atom. The minimum absolute atomic E-state index is 0.176. The van der Waals surface area contributed by atoms with Crippen molar-refractivity contribution in [2.24, 2.45) is 4.99 Å². The molecule has 1 aliphatic heterocycles. The summed E-state index contributed by atoms with van der Waals surface area (Å²) in [6.45, 7) is 6.21. The molecule has 0 spiro atoms. The zero-order valence-electron chi connectivity index (χ0n) is 18.1. The number of thiophene rings is 1. The van der Waals surface area contributed by atoms with Crippen molar-refractivity contribution in [3.05, 3.63) is 91.6 Å². The molecule has 0 fully saturated rings. The molecule has 0 saturated heterocycles. The Kier molecular flexibility index (Phi) is 6.47. The second kappa shape index (κ2) is 9.14. The average molecular weight is 483 g/mol. The minimum atomic E-state index is -1.09. The molecule has 0 bridgehead atoms. The van der Waals surface area contributed by atoms with E-state index in [1.54, 1.807) is 11.3 Å². The lowest BCUT2D eigenvalue weighted by molar-refractivity contribution is 0.134. The summed E-state index contributed by atoms with van der Waals surface area (Å²) < 4.78 is 5.45. The summed E-state index contributed by atoms with van der Waals surface area (Å²) in [5.41, 5.74) is 3.81. The molecule has 1 atom stereocenters. The first kappa shape index (κ1) is 22.6. The molecule has 0 aliphatic carbocycles. The van der Waals surface area contributed by atoms with Crippen LogP contribution in [0.5, 0.6) is 0 Å². The van der Waals surface area contributed by atoms with Gasteiger partial charge in [0.25, 0.3) is 0 Å². The molecule has 4 nitrogen and oxygen atoms in total. The van der Waals surface area contributed by atoms with E-state index in [1.165, 1.54) is 10.4 Å². The van der Waals surface area contributed by atoms with Crippen LogP contribution in [-0.4, -0.2) is 22.3 Å². The molecule has 32 heavy (non-hydrogen) atoms. The highest BCUT2D eigenvalue weighted by Crippen LogP contribution is 2.35. The van der Waals surface area contributed by atoms with Gasteiger partial charge in [-0.15, -0.1) is 11.3 Å². The monoisotopic (exact) mass is 482 g/mol. The summed E-state index contributed by atoms with van der Waals surface area (Å²) in [6, 6.07) is 17.1. The standard InChI is InChI=1S/C25H23ClN2O2S2/c1-15-16(2)32-20-13-21(31)25(3,28-24(29)30-14-17-7-5-4-6-8-17)27-23(22(15)20)18-9-11-19(26)12-10-18/h4-12H,13-14H2,1-3H3,(H,28,29). The first-order valence-corrected chi connectivity index (χ1v) is 11.8. The number of fused-ring (bicyclic) bond motifs is 1. The molecule has 1 amide bonds. The molecule has 1 aromatic heterocycles. The van der Waals surface area contributed by atoms with Crippen LogP contribution >= 0.6 is 35.2 Å². The molecule has 1 N–H and O–H groups in total. The number of rotatable bonds is 4. The molecule has 1 unspecified atom stereocenters. The lowest BCUT2D eigenvalue weighted by atomic mass is 9.98. The summed E-state index contributed by atoms with van der Waals surface area (Å²) in [4.78, 5) is 20.7. The summed E-state index contributed by atoms with van der Waals surface area (Å²) >= 11 is 13.6. The van der Waals surface area contributed by atoms with Gasteiger partial charge < -0.3 is 4.74 Å². The van der Waals surface area contributed by atoms with Gasteiger partial charge >= 0.3 is 6.09 Å². The van der Waals surface area contributed by atoms with E-state index in [1.807, 2.05) is 61.5 Å². The van der Waals surface area contributed by atoms with E-state index >= 15 is 0 Å². The molecule has 3 aromatic rings. The van der Waals surface area contributed by atoms with Gasteiger partial charge in [0.15, 0.2) is 5.66 Å².